The van der Waals surface area contributed by atoms with Gasteiger partial charge in [0.05, 0.1) is 80.6 Å². The fourth-order valence-electron chi connectivity index (χ4n) is 5.87. The third-order valence-corrected chi connectivity index (χ3v) is 8.19. The molecule has 2 rings (SSSR count). The molecule has 0 fully saturated rings. The second-order valence-electron chi connectivity index (χ2n) is 12.6. The number of methoxy groups -OCH3 is 4. The first-order valence-electron chi connectivity index (χ1n) is 18.2. The summed E-state index contributed by atoms with van der Waals surface area (Å²) < 4.78 is 20.3. The summed E-state index contributed by atoms with van der Waals surface area (Å²) in [7, 11) is 4.75. The van der Waals surface area contributed by atoms with Crippen molar-refractivity contribution < 1.29 is 103 Å². The fourth-order valence-corrected chi connectivity index (χ4v) is 5.87. The van der Waals surface area contributed by atoms with Crippen molar-refractivity contribution in [3.8, 4) is 23.0 Å². The SMILES string of the molecule is CCNCC.COc1ccc([N+](=O)[O-])c(C(=O)CN(CC(=O)[O-])CC(=O)[O-])c1OC.COc1ccc([N+](=O)[O-])c(C(C[NH+](CC(=O)[O-])CC(=O)[O-])[NH+](CC(=O)[O-])CC(=O)[O-])c1OC.[Ca+2].[Ca+2]. The Hall–Kier alpha value is -4.71. The number of ether oxygens (including phenoxy) is 4. The number of nitro groups is 2. The number of hydrogen-bond acceptors (Lipinski definition) is 23. The van der Waals surface area contributed by atoms with Crippen LogP contribution in [0.15, 0.2) is 24.3 Å². The Labute approximate surface area is 430 Å². The van der Waals surface area contributed by atoms with Crippen molar-refractivity contribution >= 4 is 128 Å². The molecule has 1 unspecified atom stereocenters. The van der Waals surface area contributed by atoms with Gasteiger partial charge in [-0.3, -0.25) is 29.9 Å². The molecule has 0 heterocycles. The van der Waals surface area contributed by atoms with Gasteiger partial charge in [-0.2, -0.15) is 0 Å². The third-order valence-electron chi connectivity index (χ3n) is 8.19. The van der Waals surface area contributed by atoms with Crippen LogP contribution in [0.3, 0.4) is 0 Å². The topological polar surface area (TPSA) is 405 Å². The van der Waals surface area contributed by atoms with Crippen LogP contribution in [0.1, 0.15) is 35.8 Å². The van der Waals surface area contributed by atoms with Gasteiger partial charge in [0, 0.05) is 25.2 Å². The first-order chi connectivity index (χ1) is 29.5. The van der Waals surface area contributed by atoms with E-state index in [1.165, 1.54) is 33.5 Å². The van der Waals surface area contributed by atoms with Crippen molar-refractivity contribution in [3.05, 3.63) is 55.6 Å². The van der Waals surface area contributed by atoms with Gasteiger partial charge in [0.2, 0.25) is 0 Å². The molecule has 27 nitrogen and oxygen atoms in total. The Balaban J connectivity index is -0.00000107. The van der Waals surface area contributed by atoms with Crippen molar-refractivity contribution in [3.63, 3.8) is 0 Å². The maximum absolute atomic E-state index is 12.5. The average molecular weight is 979 g/mol. The van der Waals surface area contributed by atoms with E-state index in [9.17, 15) is 84.4 Å². The summed E-state index contributed by atoms with van der Waals surface area (Å²) in [6.07, 6.45) is 0. The maximum Gasteiger partial charge on any atom is 2.00 e. The molecule has 0 aliphatic rings. The van der Waals surface area contributed by atoms with E-state index in [0.717, 1.165) is 32.3 Å². The summed E-state index contributed by atoms with van der Waals surface area (Å²) in [5, 5.41) is 92.2. The summed E-state index contributed by atoms with van der Waals surface area (Å²) in [6, 6.07) is 2.93. The van der Waals surface area contributed by atoms with Crippen molar-refractivity contribution in [1.29, 1.82) is 0 Å². The number of ketones is 1. The Kier molecular flexibility index (Phi) is 33.5. The number of hydrogen-bond donors (Lipinski definition) is 3. The van der Waals surface area contributed by atoms with E-state index in [2.05, 4.69) is 19.2 Å². The van der Waals surface area contributed by atoms with E-state index in [0.29, 0.717) is 4.90 Å². The van der Waals surface area contributed by atoms with E-state index in [-0.39, 0.29) is 114 Å². The van der Waals surface area contributed by atoms with E-state index >= 15 is 0 Å². The first kappa shape index (κ1) is 64.6. The van der Waals surface area contributed by atoms with E-state index in [4.69, 9.17) is 18.9 Å². The zero-order valence-corrected chi connectivity index (χ0v) is 40.7. The van der Waals surface area contributed by atoms with Gasteiger partial charge < -0.3 is 93.5 Å². The van der Waals surface area contributed by atoms with Gasteiger partial charge in [-0.1, -0.05) is 13.8 Å². The monoisotopic (exact) mass is 978 g/mol. The number of nitrogens with one attached hydrogen (secondary N) is 3. The molecular formula is C36H46Ca2N6O21. The normalized spacial score (nSPS) is 10.6. The standard InChI is InChI=1S/C18H23N3O12.C14H16N2O9.C4H11N.2Ca/c1-32-12-4-3-10(21(30)31)17(18(12)33-2)11(20(8-15(26)27)9-16(28)29)5-19(6-13(22)23)7-14(24)25;1-24-10-4-3-8(16(22)23)13(14(10)25-2)9(17)5-15(6-11(18)19)7-12(20)21;1-3-5-4-2;;/h3-4,11H,5-9H2,1-2H3,(H,22,23)(H,24,25)(H,26,27)(H,28,29);3-4H,5-7H2,1-2H3,(H,18,19)(H,20,21);5H,3-4H2,1-2H3;;/q;;;2*+2/p-4. The Morgan fingerprint density at radius 2 is 1.00 bits per heavy atom. The van der Waals surface area contributed by atoms with Crippen LogP contribution in [0.2, 0.25) is 0 Å². The van der Waals surface area contributed by atoms with Crippen LogP contribution in [0.4, 0.5) is 11.4 Å². The maximum atomic E-state index is 12.5. The van der Waals surface area contributed by atoms with Crippen molar-refractivity contribution in [2.75, 3.05) is 93.9 Å². The molecule has 0 aromatic heterocycles. The molecule has 29 heteroatoms. The fraction of sp³-hybridized carbons (Fsp3) is 0.472. The molecule has 0 aliphatic heterocycles. The number of Topliss-reactive ketones (excluding diaryl/α,β-unsaturated/α-hetero) is 1. The first-order valence-corrected chi connectivity index (χ1v) is 18.2. The van der Waals surface area contributed by atoms with Crippen LogP contribution in [-0.4, -0.2) is 226 Å². The van der Waals surface area contributed by atoms with Gasteiger partial charge >= 0.3 is 75.5 Å². The molecule has 0 bridgehead atoms. The van der Waals surface area contributed by atoms with Crippen LogP contribution < -0.4 is 64.7 Å². The van der Waals surface area contributed by atoms with Crippen molar-refractivity contribution in [2.45, 2.75) is 19.9 Å². The molecule has 0 amide bonds. The predicted octanol–water partition coefficient (Wildman–Crippen LogP) is -11.1. The minimum absolute atomic E-state index is 0. The second kappa shape index (κ2) is 33.7. The van der Waals surface area contributed by atoms with Crippen LogP contribution in [0.25, 0.3) is 0 Å². The molecule has 3 N–H and O–H groups in total. The van der Waals surface area contributed by atoms with Gasteiger partial charge in [0.1, 0.15) is 43.9 Å². The van der Waals surface area contributed by atoms with Crippen molar-refractivity contribution in [2.24, 2.45) is 0 Å². The Bertz CT molecular complexity index is 1910. The number of carbonyl (C=O) groups excluding carboxylic acids is 7. The number of carboxylic acids is 6. The molecule has 0 radical (unpaired) electrons. The molecule has 2 aromatic rings. The van der Waals surface area contributed by atoms with Gasteiger partial charge in [-0.25, -0.2) is 0 Å². The second-order valence-corrected chi connectivity index (χ2v) is 12.6. The van der Waals surface area contributed by atoms with Gasteiger partial charge in [-0.15, -0.1) is 0 Å². The summed E-state index contributed by atoms with van der Waals surface area (Å²) in [4.78, 5) is 100.0. The number of carboxylic acid groups (broad SMARTS) is 6. The molecule has 2 aromatic carbocycles. The summed E-state index contributed by atoms with van der Waals surface area (Å²) in [5.41, 5.74) is -2.03. The molecule has 65 heavy (non-hydrogen) atoms. The summed E-state index contributed by atoms with van der Waals surface area (Å²) in [6.45, 7) is -0.530. The predicted molar refractivity (Wildman–Crippen MR) is 208 cm³/mol. The van der Waals surface area contributed by atoms with Crippen LogP contribution >= 0.6 is 0 Å². The quantitative estimate of drug-likeness (QED) is 0.0324. The van der Waals surface area contributed by atoms with Crippen molar-refractivity contribution in [1.82, 2.24) is 10.2 Å². The number of quaternary nitrogens is 2. The Morgan fingerprint density at radius 1 is 0.600 bits per heavy atom. The number of carbonyl (C=O) groups is 7. The van der Waals surface area contributed by atoms with Crippen LogP contribution in [0, 0.1) is 20.2 Å². The van der Waals surface area contributed by atoms with E-state index < -0.39 is 127 Å². The Morgan fingerprint density at radius 3 is 1.32 bits per heavy atom. The number of nitro benzene ring substituents is 2. The molecule has 1 atom stereocenters. The minimum atomic E-state index is -1.73. The molecule has 0 saturated heterocycles. The van der Waals surface area contributed by atoms with Gasteiger partial charge in [-0.05, 0) is 25.2 Å². The largest absolute Gasteiger partial charge is 2.00 e. The van der Waals surface area contributed by atoms with Gasteiger partial charge in [0.15, 0.2) is 34.8 Å². The smallest absolute Gasteiger partial charge is 0.549 e. The van der Waals surface area contributed by atoms with Crippen LogP contribution in [-0.2, 0) is 28.8 Å². The molecule has 0 spiro atoms. The number of benzene rings is 2. The molecule has 0 saturated carbocycles. The van der Waals surface area contributed by atoms with Gasteiger partial charge in [0.25, 0.3) is 11.4 Å². The third kappa shape index (κ3) is 23.3. The summed E-state index contributed by atoms with van der Waals surface area (Å²) >= 11 is 0. The van der Waals surface area contributed by atoms with E-state index in [1.54, 1.807) is 0 Å². The molecule has 0 aliphatic carbocycles. The number of nitrogens with zero attached hydrogens (tertiary/aromatic N) is 3. The number of rotatable bonds is 27. The zero-order valence-electron chi connectivity index (χ0n) is 36.3. The average Bonchev–Trinajstić information content (AvgIpc) is 3.17. The summed E-state index contributed by atoms with van der Waals surface area (Å²) in [5.74, 6) is -11.5. The molecular weight excluding hydrogens is 933 g/mol. The molecule has 350 valence electrons. The van der Waals surface area contributed by atoms with E-state index in [1.807, 2.05) is 0 Å². The zero-order chi connectivity index (χ0) is 48.6. The van der Waals surface area contributed by atoms with Crippen LogP contribution in [0.5, 0.6) is 23.0 Å². The minimum Gasteiger partial charge on any atom is -0.549 e. The number of aliphatic carboxylic acids is 6.